The van der Waals surface area contributed by atoms with Crippen LogP contribution in [0.5, 0.6) is 0 Å². The van der Waals surface area contributed by atoms with Crippen molar-refractivity contribution in [2.45, 2.75) is 19.8 Å². The zero-order valence-electron chi connectivity index (χ0n) is 11.7. The van der Waals surface area contributed by atoms with E-state index in [0.717, 1.165) is 24.6 Å². The summed E-state index contributed by atoms with van der Waals surface area (Å²) in [5.74, 6) is 1.50. The molecule has 0 saturated carbocycles. The molecule has 4 nitrogen and oxygen atoms in total. The summed E-state index contributed by atoms with van der Waals surface area (Å²) in [5.41, 5.74) is 1.63. The topological polar surface area (TPSA) is 41.1 Å². The highest BCUT2D eigenvalue weighted by Crippen LogP contribution is 2.31. The van der Waals surface area contributed by atoms with Crippen LogP contribution in [0.3, 0.4) is 0 Å². The number of aryl methyl sites for hydroxylation is 1. The Morgan fingerprint density at radius 1 is 1.14 bits per heavy atom. The van der Waals surface area contributed by atoms with E-state index in [-0.39, 0.29) is 0 Å². The molecule has 0 atom stereocenters. The maximum atomic E-state index is 6.19. The average molecular weight is 323 g/mol. The van der Waals surface area contributed by atoms with Crippen molar-refractivity contribution in [1.29, 1.82) is 0 Å². The van der Waals surface area contributed by atoms with E-state index >= 15 is 0 Å². The van der Waals surface area contributed by atoms with Gasteiger partial charge in [-0.3, -0.25) is 0 Å². The minimum Gasteiger partial charge on any atom is -0.356 e. The highest BCUT2D eigenvalue weighted by atomic mass is 35.5. The van der Waals surface area contributed by atoms with E-state index in [1.807, 2.05) is 25.1 Å². The van der Waals surface area contributed by atoms with Gasteiger partial charge in [-0.1, -0.05) is 29.3 Å². The Morgan fingerprint density at radius 3 is 2.67 bits per heavy atom. The van der Waals surface area contributed by atoms with E-state index in [0.29, 0.717) is 21.7 Å². The predicted octanol–water partition coefficient (Wildman–Crippen LogP) is 4.44. The summed E-state index contributed by atoms with van der Waals surface area (Å²) in [6, 6.07) is 7.46. The van der Waals surface area contributed by atoms with Crippen LogP contribution < -0.4 is 10.2 Å². The number of anilines is 3. The molecule has 0 unspecified atom stereocenters. The molecule has 1 N–H and O–H groups in total. The first-order chi connectivity index (χ1) is 10.1. The van der Waals surface area contributed by atoms with Crippen molar-refractivity contribution in [2.24, 2.45) is 0 Å². The van der Waals surface area contributed by atoms with Crippen LogP contribution in [0.2, 0.25) is 10.0 Å². The highest BCUT2D eigenvalue weighted by Gasteiger charge is 2.15. The van der Waals surface area contributed by atoms with Crippen LogP contribution >= 0.6 is 23.2 Å². The van der Waals surface area contributed by atoms with Crippen LogP contribution in [-0.2, 0) is 0 Å². The fraction of sp³-hybridized carbons (Fsp3) is 0.333. The molecule has 6 heteroatoms. The molecule has 1 aliphatic rings. The van der Waals surface area contributed by atoms with E-state index in [1.165, 1.54) is 12.8 Å². The molecule has 1 saturated heterocycles. The van der Waals surface area contributed by atoms with Gasteiger partial charge in [-0.05, 0) is 31.9 Å². The second kappa shape index (κ2) is 6.08. The summed E-state index contributed by atoms with van der Waals surface area (Å²) in [4.78, 5) is 11.3. The van der Waals surface area contributed by atoms with Crippen molar-refractivity contribution in [3.8, 4) is 0 Å². The number of nitrogens with one attached hydrogen (secondary N) is 1. The van der Waals surface area contributed by atoms with Crippen LogP contribution in [0.4, 0.5) is 17.5 Å². The summed E-state index contributed by atoms with van der Waals surface area (Å²) >= 11 is 12.2. The molecular formula is C15H16Cl2N4. The third kappa shape index (κ3) is 3.22. The molecule has 0 amide bonds. The van der Waals surface area contributed by atoms with Gasteiger partial charge in [0.15, 0.2) is 0 Å². The van der Waals surface area contributed by atoms with Crippen LogP contribution in [-0.4, -0.2) is 23.1 Å². The second-order valence-corrected chi connectivity index (χ2v) is 5.90. The Morgan fingerprint density at radius 2 is 1.90 bits per heavy atom. The molecule has 2 aromatic rings. The third-order valence-corrected chi connectivity index (χ3v) is 4.29. The third-order valence-electron chi connectivity index (χ3n) is 3.47. The lowest BCUT2D eigenvalue weighted by Gasteiger charge is -2.18. The lowest BCUT2D eigenvalue weighted by atomic mass is 10.3. The van der Waals surface area contributed by atoms with E-state index in [4.69, 9.17) is 23.2 Å². The highest BCUT2D eigenvalue weighted by molar-refractivity contribution is 6.43. The number of aromatic nitrogens is 2. The summed E-state index contributed by atoms with van der Waals surface area (Å²) in [6.45, 7) is 4.06. The lowest BCUT2D eigenvalue weighted by molar-refractivity contribution is 0.923. The van der Waals surface area contributed by atoms with Gasteiger partial charge in [0.25, 0.3) is 0 Å². The molecular weight excluding hydrogens is 307 g/mol. The zero-order chi connectivity index (χ0) is 14.8. The van der Waals surface area contributed by atoms with E-state index < -0.39 is 0 Å². The largest absolute Gasteiger partial charge is 0.356 e. The van der Waals surface area contributed by atoms with Gasteiger partial charge in [0.05, 0.1) is 15.7 Å². The molecule has 0 radical (unpaired) electrons. The normalized spacial score (nSPS) is 14.5. The van der Waals surface area contributed by atoms with Crippen LogP contribution in [0.25, 0.3) is 0 Å². The first kappa shape index (κ1) is 14.4. The van der Waals surface area contributed by atoms with E-state index in [1.54, 1.807) is 6.07 Å². The fourth-order valence-electron chi connectivity index (χ4n) is 2.44. The summed E-state index contributed by atoms with van der Waals surface area (Å²) < 4.78 is 0. The standard InChI is InChI=1S/C15H16Cl2N4/c1-10-9-13(21-7-2-3-8-21)20-15(18-10)19-12-6-4-5-11(16)14(12)17/h4-6,9H,2-3,7-8H2,1H3,(H,18,19,20). The summed E-state index contributed by atoms with van der Waals surface area (Å²) in [5, 5.41) is 4.14. The summed E-state index contributed by atoms with van der Waals surface area (Å²) in [7, 11) is 0. The minimum atomic E-state index is 0.479. The second-order valence-electron chi connectivity index (χ2n) is 5.11. The molecule has 1 aromatic carbocycles. The molecule has 1 fully saturated rings. The maximum absolute atomic E-state index is 6.19. The Hall–Kier alpha value is -1.52. The molecule has 21 heavy (non-hydrogen) atoms. The SMILES string of the molecule is Cc1cc(N2CCCC2)nc(Nc2cccc(Cl)c2Cl)n1. The fourth-order valence-corrected chi connectivity index (χ4v) is 2.78. The minimum absolute atomic E-state index is 0.479. The molecule has 0 spiro atoms. The van der Waals surface area contributed by atoms with Crippen molar-refractivity contribution in [3.63, 3.8) is 0 Å². The van der Waals surface area contributed by atoms with E-state index in [9.17, 15) is 0 Å². The van der Waals surface area contributed by atoms with E-state index in [2.05, 4.69) is 20.2 Å². The van der Waals surface area contributed by atoms with Gasteiger partial charge in [-0.15, -0.1) is 0 Å². The average Bonchev–Trinajstić information content (AvgIpc) is 2.97. The molecule has 1 aromatic heterocycles. The maximum Gasteiger partial charge on any atom is 0.229 e. The Balaban J connectivity index is 1.89. The van der Waals surface area contributed by atoms with Gasteiger partial charge >= 0.3 is 0 Å². The quantitative estimate of drug-likeness (QED) is 0.907. The molecule has 2 heterocycles. The monoisotopic (exact) mass is 322 g/mol. The van der Waals surface area contributed by atoms with Crippen LogP contribution in [0.15, 0.2) is 24.3 Å². The lowest BCUT2D eigenvalue weighted by Crippen LogP contribution is -2.19. The Kier molecular flexibility index (Phi) is 4.17. The molecule has 0 aliphatic carbocycles. The van der Waals surface area contributed by atoms with Crippen molar-refractivity contribution in [1.82, 2.24) is 9.97 Å². The smallest absolute Gasteiger partial charge is 0.229 e. The van der Waals surface area contributed by atoms with Gasteiger partial charge < -0.3 is 10.2 Å². The predicted molar refractivity (Wildman–Crippen MR) is 88.0 cm³/mol. The van der Waals surface area contributed by atoms with Gasteiger partial charge in [0.1, 0.15) is 5.82 Å². The first-order valence-corrected chi connectivity index (χ1v) is 7.71. The van der Waals surface area contributed by atoms with Crippen molar-refractivity contribution in [2.75, 3.05) is 23.3 Å². The van der Waals surface area contributed by atoms with Gasteiger partial charge in [-0.2, -0.15) is 4.98 Å². The van der Waals surface area contributed by atoms with Gasteiger partial charge in [0.2, 0.25) is 5.95 Å². The van der Waals surface area contributed by atoms with Crippen molar-refractivity contribution >= 4 is 40.7 Å². The number of halogens is 2. The van der Waals surface area contributed by atoms with Gasteiger partial charge in [0, 0.05) is 24.8 Å². The molecule has 0 bridgehead atoms. The van der Waals surface area contributed by atoms with Crippen LogP contribution in [0, 0.1) is 6.92 Å². The number of benzene rings is 1. The van der Waals surface area contributed by atoms with Crippen molar-refractivity contribution < 1.29 is 0 Å². The molecule has 1 aliphatic heterocycles. The number of hydrogen-bond donors (Lipinski definition) is 1. The van der Waals surface area contributed by atoms with Gasteiger partial charge in [-0.25, -0.2) is 4.98 Å². The Bertz CT molecular complexity index is 654. The number of rotatable bonds is 3. The number of hydrogen-bond acceptors (Lipinski definition) is 4. The Labute approximate surface area is 134 Å². The van der Waals surface area contributed by atoms with Crippen LogP contribution in [0.1, 0.15) is 18.5 Å². The number of nitrogens with zero attached hydrogens (tertiary/aromatic N) is 3. The van der Waals surface area contributed by atoms with Crippen molar-refractivity contribution in [3.05, 3.63) is 40.0 Å². The molecule has 3 rings (SSSR count). The molecule has 110 valence electrons. The zero-order valence-corrected chi connectivity index (χ0v) is 13.2. The summed E-state index contributed by atoms with van der Waals surface area (Å²) in [6.07, 6.45) is 2.43. The first-order valence-electron chi connectivity index (χ1n) is 6.95.